The van der Waals surface area contributed by atoms with Crippen LogP contribution < -0.4 is 0 Å². The van der Waals surface area contributed by atoms with Crippen molar-refractivity contribution in [2.75, 3.05) is 5.33 Å². The van der Waals surface area contributed by atoms with E-state index in [0.29, 0.717) is 11.2 Å². The zero-order chi connectivity index (χ0) is 16.9. The van der Waals surface area contributed by atoms with Crippen molar-refractivity contribution >= 4 is 21.9 Å². The molecule has 2 nitrogen and oxygen atoms in total. The molecule has 2 fully saturated rings. The van der Waals surface area contributed by atoms with Crippen LogP contribution in [0.2, 0.25) is 0 Å². The Morgan fingerprint density at radius 2 is 2.12 bits per heavy atom. The number of hydrogen-bond donors (Lipinski definition) is 0. The van der Waals surface area contributed by atoms with Gasteiger partial charge in [0, 0.05) is 5.41 Å². The monoisotopic (exact) mass is 390 g/mol. The first-order valence-corrected chi connectivity index (χ1v) is 10.5. The van der Waals surface area contributed by atoms with Crippen molar-refractivity contribution < 1.29 is 9.53 Å². The summed E-state index contributed by atoms with van der Waals surface area (Å²) in [6.07, 6.45) is 7.34. The Bertz CT molecular complexity index is 655. The van der Waals surface area contributed by atoms with Crippen molar-refractivity contribution in [3.63, 3.8) is 0 Å². The maximum absolute atomic E-state index is 11.8. The Morgan fingerprint density at radius 3 is 2.92 bits per heavy atom. The molecule has 3 unspecified atom stereocenters. The Morgan fingerprint density at radius 1 is 1.29 bits per heavy atom. The fourth-order valence-electron chi connectivity index (χ4n) is 6.05. The fraction of sp³-hybridized carbons (Fsp3) is 0.667. The number of rotatable bonds is 2. The Hall–Kier alpha value is -0.830. The van der Waals surface area contributed by atoms with Gasteiger partial charge in [0.2, 0.25) is 0 Å². The van der Waals surface area contributed by atoms with Gasteiger partial charge < -0.3 is 4.74 Å². The van der Waals surface area contributed by atoms with E-state index in [1.54, 1.807) is 11.1 Å². The summed E-state index contributed by atoms with van der Waals surface area (Å²) < 4.78 is 5.81. The fourth-order valence-corrected chi connectivity index (χ4v) is 6.18. The molecule has 5 atom stereocenters. The Balaban J connectivity index is 1.60. The molecular weight excluding hydrogens is 364 g/mol. The molecule has 0 spiro atoms. The molecule has 0 bridgehead atoms. The van der Waals surface area contributed by atoms with Crippen LogP contribution in [0.3, 0.4) is 0 Å². The smallest absolute Gasteiger partial charge is 0.316 e. The summed E-state index contributed by atoms with van der Waals surface area (Å²) in [6.45, 7) is 4.59. The second-order valence-corrected chi connectivity index (χ2v) is 8.91. The minimum absolute atomic E-state index is 0.103. The first-order chi connectivity index (χ1) is 11.5. The molecule has 24 heavy (non-hydrogen) atoms. The first-order valence-electron chi connectivity index (χ1n) is 9.38. The van der Waals surface area contributed by atoms with E-state index in [4.69, 9.17) is 4.74 Å². The van der Waals surface area contributed by atoms with Crippen molar-refractivity contribution in [1.82, 2.24) is 0 Å². The van der Waals surface area contributed by atoms with Gasteiger partial charge in [0.1, 0.15) is 11.4 Å². The topological polar surface area (TPSA) is 26.3 Å². The van der Waals surface area contributed by atoms with Gasteiger partial charge in [0.05, 0.1) is 0 Å². The van der Waals surface area contributed by atoms with Crippen LogP contribution in [0.15, 0.2) is 18.2 Å². The van der Waals surface area contributed by atoms with Crippen LogP contribution in [0.5, 0.6) is 0 Å². The molecule has 0 saturated heterocycles. The van der Waals surface area contributed by atoms with E-state index < -0.39 is 0 Å². The number of halogens is 1. The molecule has 130 valence electrons. The lowest BCUT2D eigenvalue weighted by Crippen LogP contribution is -2.45. The number of carbonyl (C=O) groups is 1. The average Bonchev–Trinajstić information content (AvgIpc) is 2.90. The summed E-state index contributed by atoms with van der Waals surface area (Å²) in [4.78, 5) is 11.8. The zero-order valence-electron chi connectivity index (χ0n) is 14.7. The lowest BCUT2D eigenvalue weighted by Gasteiger charge is -2.50. The third-order valence-electron chi connectivity index (χ3n) is 7.18. The average molecular weight is 391 g/mol. The predicted molar refractivity (Wildman–Crippen MR) is 99.5 cm³/mol. The highest BCUT2D eigenvalue weighted by molar-refractivity contribution is 9.09. The van der Waals surface area contributed by atoms with Crippen molar-refractivity contribution in [2.24, 2.45) is 17.3 Å². The molecule has 0 aliphatic heterocycles. The van der Waals surface area contributed by atoms with Crippen molar-refractivity contribution in [2.45, 2.75) is 64.4 Å². The van der Waals surface area contributed by atoms with Crippen molar-refractivity contribution in [3.8, 4) is 0 Å². The molecular formula is C21H27BrO2. The van der Waals surface area contributed by atoms with E-state index in [9.17, 15) is 4.79 Å². The van der Waals surface area contributed by atoms with Crippen LogP contribution in [0.25, 0.3) is 0 Å². The minimum atomic E-state index is -0.103. The van der Waals surface area contributed by atoms with Gasteiger partial charge in [-0.3, -0.25) is 4.79 Å². The minimum Gasteiger partial charge on any atom is -0.461 e. The lowest BCUT2D eigenvalue weighted by molar-refractivity contribution is -0.154. The highest BCUT2D eigenvalue weighted by Crippen LogP contribution is 2.61. The van der Waals surface area contributed by atoms with Gasteiger partial charge >= 0.3 is 5.97 Å². The SMILES string of the molecule is Cc1ccc2c(c1)CCC1C2CC[C@@]2(C)C1CC[C@@H]2OC(=O)CBr. The highest BCUT2D eigenvalue weighted by atomic mass is 79.9. The van der Waals surface area contributed by atoms with Gasteiger partial charge in [0.15, 0.2) is 0 Å². The molecule has 0 amide bonds. The van der Waals surface area contributed by atoms with E-state index in [1.807, 2.05) is 0 Å². The van der Waals surface area contributed by atoms with Gasteiger partial charge in [-0.25, -0.2) is 0 Å². The van der Waals surface area contributed by atoms with E-state index in [2.05, 4.69) is 48.0 Å². The lowest BCUT2D eigenvalue weighted by atomic mass is 9.55. The summed E-state index contributed by atoms with van der Waals surface area (Å²) in [6, 6.07) is 7.07. The van der Waals surface area contributed by atoms with Gasteiger partial charge in [-0.2, -0.15) is 0 Å². The van der Waals surface area contributed by atoms with E-state index >= 15 is 0 Å². The van der Waals surface area contributed by atoms with Crippen molar-refractivity contribution in [3.05, 3.63) is 34.9 Å². The summed E-state index contributed by atoms with van der Waals surface area (Å²) >= 11 is 3.23. The number of hydrogen-bond acceptors (Lipinski definition) is 2. The number of benzene rings is 1. The van der Waals surface area contributed by atoms with E-state index in [-0.39, 0.29) is 17.5 Å². The standard InChI is InChI=1S/C21H27BrO2/c1-13-3-5-15-14(11-13)4-6-17-16(15)9-10-21(2)18(17)7-8-19(21)24-20(23)12-22/h3,5,11,16-19H,4,6-10,12H2,1-2H3/t16?,17?,18?,19-,21-/m0/s1. The first kappa shape index (κ1) is 16.6. The van der Waals surface area contributed by atoms with Crippen molar-refractivity contribution in [1.29, 1.82) is 0 Å². The predicted octanol–water partition coefficient (Wildman–Crippen LogP) is 5.16. The highest BCUT2D eigenvalue weighted by Gasteiger charge is 2.56. The molecule has 0 aromatic heterocycles. The van der Waals surface area contributed by atoms with Gasteiger partial charge in [-0.15, -0.1) is 0 Å². The molecule has 2 saturated carbocycles. The van der Waals surface area contributed by atoms with Gasteiger partial charge in [0.25, 0.3) is 0 Å². The number of alkyl halides is 1. The largest absolute Gasteiger partial charge is 0.461 e. The molecule has 3 aliphatic rings. The summed E-state index contributed by atoms with van der Waals surface area (Å²) in [5, 5.41) is 0.309. The Kier molecular flexibility index (Phi) is 4.27. The van der Waals surface area contributed by atoms with Crippen LogP contribution in [-0.4, -0.2) is 17.4 Å². The Labute approximate surface area is 153 Å². The van der Waals surface area contributed by atoms with Gasteiger partial charge in [-0.05, 0) is 74.3 Å². The number of carbonyl (C=O) groups excluding carboxylic acids is 1. The quantitative estimate of drug-likeness (QED) is 0.514. The van der Waals surface area contributed by atoms with E-state index in [0.717, 1.165) is 18.3 Å². The number of fused-ring (bicyclic) bond motifs is 5. The third-order valence-corrected chi connectivity index (χ3v) is 7.64. The maximum atomic E-state index is 11.8. The summed E-state index contributed by atoms with van der Waals surface area (Å²) in [5.41, 5.74) is 4.76. The number of ether oxygens (including phenoxy) is 1. The van der Waals surface area contributed by atoms with E-state index in [1.165, 1.54) is 37.7 Å². The third kappa shape index (κ3) is 2.55. The van der Waals surface area contributed by atoms with Crippen LogP contribution in [0, 0.1) is 24.2 Å². The maximum Gasteiger partial charge on any atom is 0.316 e. The van der Waals surface area contributed by atoms with Crippen LogP contribution >= 0.6 is 15.9 Å². The molecule has 1 aromatic rings. The zero-order valence-corrected chi connectivity index (χ0v) is 16.3. The molecule has 4 rings (SSSR count). The number of aryl methyl sites for hydroxylation is 2. The van der Waals surface area contributed by atoms with Crippen LogP contribution in [0.1, 0.15) is 61.6 Å². The second-order valence-electron chi connectivity index (χ2n) is 8.35. The molecule has 0 N–H and O–H groups in total. The van der Waals surface area contributed by atoms with Gasteiger partial charge in [-0.1, -0.05) is 46.6 Å². The second kappa shape index (κ2) is 6.16. The normalized spacial score (nSPS) is 37.3. The molecule has 0 heterocycles. The molecule has 3 aliphatic carbocycles. The summed E-state index contributed by atoms with van der Waals surface area (Å²) in [5.74, 6) is 2.09. The molecule has 3 heteroatoms. The molecule has 0 radical (unpaired) electrons. The van der Waals surface area contributed by atoms with Crippen LogP contribution in [0.4, 0.5) is 0 Å². The van der Waals surface area contributed by atoms with Crippen LogP contribution in [-0.2, 0) is 16.0 Å². The molecule has 1 aromatic carbocycles. The number of esters is 1. The summed E-state index contributed by atoms with van der Waals surface area (Å²) in [7, 11) is 0.